The molecule has 14 heavy (non-hydrogen) atoms. The molecule has 1 aliphatic heterocycles. The molecule has 0 unspecified atom stereocenters. The Labute approximate surface area is 81.1 Å². The second-order valence-corrected chi connectivity index (χ2v) is 2.78. The van der Waals surface area contributed by atoms with Crippen LogP contribution in [0.25, 0.3) is 0 Å². The molecule has 1 aliphatic rings. The van der Waals surface area contributed by atoms with Crippen LogP contribution in [-0.2, 0) is 4.79 Å². The Bertz CT molecular complexity index is 275. The van der Waals surface area contributed by atoms with Gasteiger partial charge in [-0.05, 0) is 6.54 Å². The van der Waals surface area contributed by atoms with Gasteiger partial charge in [-0.25, -0.2) is 4.79 Å². The molecule has 0 aliphatic carbocycles. The number of hydrogen-bond acceptors (Lipinski definition) is 4. The zero-order valence-electron chi connectivity index (χ0n) is 7.83. The van der Waals surface area contributed by atoms with Crippen LogP contribution in [0.2, 0.25) is 0 Å². The van der Waals surface area contributed by atoms with Crippen LogP contribution in [0.1, 0.15) is 6.92 Å². The molecule has 1 heterocycles. The Balaban J connectivity index is 2.53. The zero-order valence-corrected chi connectivity index (χ0v) is 7.83. The number of carbonyl (C=O) groups excluding carboxylic acids is 2. The summed E-state index contributed by atoms with van der Waals surface area (Å²) < 4.78 is 0. The van der Waals surface area contributed by atoms with E-state index in [9.17, 15) is 9.59 Å². The van der Waals surface area contributed by atoms with Crippen molar-refractivity contribution >= 4 is 17.9 Å². The van der Waals surface area contributed by atoms with Gasteiger partial charge in [0.15, 0.2) is 0 Å². The highest BCUT2D eigenvalue weighted by molar-refractivity contribution is 6.06. The summed E-state index contributed by atoms with van der Waals surface area (Å²) in [6, 6.07) is -1.08. The van der Waals surface area contributed by atoms with Gasteiger partial charge in [0, 0.05) is 0 Å². The number of aliphatic imine (C=N–C) groups is 1. The summed E-state index contributed by atoms with van der Waals surface area (Å²) >= 11 is 0. The fourth-order valence-corrected chi connectivity index (χ4v) is 1.10. The Morgan fingerprint density at radius 3 is 3.00 bits per heavy atom. The van der Waals surface area contributed by atoms with Crippen molar-refractivity contribution in [2.75, 3.05) is 13.1 Å². The van der Waals surface area contributed by atoms with Gasteiger partial charge < -0.3 is 11.1 Å². The van der Waals surface area contributed by atoms with Crippen LogP contribution in [-0.4, -0.2) is 37.0 Å². The van der Waals surface area contributed by atoms with E-state index in [1.54, 1.807) is 0 Å². The first kappa shape index (κ1) is 10.5. The third kappa shape index (κ3) is 2.70. The number of nitrogens with one attached hydrogen (secondary N) is 3. The first-order chi connectivity index (χ1) is 6.63. The number of guanidine groups is 1. The number of hydrogen-bond donors (Lipinski definition) is 4. The Kier molecular flexibility index (Phi) is 3.41. The van der Waals surface area contributed by atoms with Crippen molar-refractivity contribution in [1.82, 2.24) is 16.0 Å². The normalized spacial score (nSPS) is 21.1. The van der Waals surface area contributed by atoms with Crippen LogP contribution in [0.3, 0.4) is 0 Å². The standard InChI is InChI=1S/C7H13N5O2/c1-2-9-4-3-10-7(11-5(4)13)12-6(8)14/h4,9H,2-3H2,1H3,(H4,8,10,11,12,13,14)/t4-/m0/s1. The molecule has 3 amide bonds. The molecule has 1 atom stereocenters. The van der Waals surface area contributed by atoms with Crippen molar-refractivity contribution in [1.29, 1.82) is 0 Å². The van der Waals surface area contributed by atoms with Crippen LogP contribution >= 0.6 is 0 Å². The molecule has 0 spiro atoms. The number of urea groups is 1. The van der Waals surface area contributed by atoms with E-state index in [4.69, 9.17) is 5.73 Å². The van der Waals surface area contributed by atoms with Crippen molar-refractivity contribution in [3.05, 3.63) is 0 Å². The van der Waals surface area contributed by atoms with Crippen LogP contribution in [0.5, 0.6) is 0 Å². The van der Waals surface area contributed by atoms with E-state index in [0.717, 1.165) is 0 Å². The summed E-state index contributed by atoms with van der Waals surface area (Å²) in [6.45, 7) is 2.88. The molecule has 0 aromatic rings. The molecule has 5 N–H and O–H groups in total. The van der Waals surface area contributed by atoms with E-state index in [-0.39, 0.29) is 17.9 Å². The smallest absolute Gasteiger partial charge is 0.318 e. The van der Waals surface area contributed by atoms with Crippen molar-refractivity contribution < 1.29 is 9.59 Å². The van der Waals surface area contributed by atoms with Gasteiger partial charge in [-0.15, -0.1) is 0 Å². The van der Waals surface area contributed by atoms with Crippen LogP contribution in [0, 0.1) is 0 Å². The molecule has 0 bridgehead atoms. The lowest BCUT2D eigenvalue weighted by Gasteiger charge is -2.21. The van der Waals surface area contributed by atoms with Gasteiger partial charge in [0.25, 0.3) is 0 Å². The quantitative estimate of drug-likeness (QED) is 0.418. The molecule has 0 radical (unpaired) electrons. The minimum atomic E-state index is -0.744. The molecular formula is C7H13N5O2. The largest absolute Gasteiger partial charge is 0.351 e. The minimum absolute atomic E-state index is 0.108. The summed E-state index contributed by atoms with van der Waals surface area (Å²) in [6.07, 6.45) is 0. The van der Waals surface area contributed by atoms with Crippen molar-refractivity contribution in [2.24, 2.45) is 10.7 Å². The fraction of sp³-hybridized carbons (Fsp3) is 0.571. The number of rotatable bonds is 2. The number of nitrogens with zero attached hydrogens (tertiary/aromatic N) is 1. The lowest BCUT2D eigenvalue weighted by atomic mass is 10.2. The van der Waals surface area contributed by atoms with E-state index >= 15 is 0 Å². The molecule has 7 nitrogen and oxygen atoms in total. The third-order valence-corrected chi connectivity index (χ3v) is 1.68. The maximum atomic E-state index is 11.3. The second kappa shape index (κ2) is 4.56. The predicted octanol–water partition coefficient (Wildman–Crippen LogP) is -1.88. The molecule has 78 valence electrons. The lowest BCUT2D eigenvalue weighted by Crippen LogP contribution is -2.56. The maximum Gasteiger partial charge on any atom is 0.318 e. The molecule has 0 aromatic carbocycles. The second-order valence-electron chi connectivity index (χ2n) is 2.78. The van der Waals surface area contributed by atoms with E-state index in [2.05, 4.69) is 20.9 Å². The van der Waals surface area contributed by atoms with Gasteiger partial charge in [0.2, 0.25) is 11.9 Å². The van der Waals surface area contributed by atoms with Gasteiger partial charge in [-0.2, -0.15) is 0 Å². The average molecular weight is 199 g/mol. The minimum Gasteiger partial charge on any atom is -0.351 e. The molecular weight excluding hydrogens is 186 g/mol. The summed E-state index contributed by atoms with van der Waals surface area (Å²) in [4.78, 5) is 25.7. The van der Waals surface area contributed by atoms with Crippen LogP contribution < -0.4 is 21.7 Å². The average Bonchev–Trinajstić information content (AvgIpc) is 2.09. The van der Waals surface area contributed by atoms with Crippen LogP contribution in [0.4, 0.5) is 4.79 Å². The summed E-state index contributed by atoms with van der Waals surface area (Å²) in [5.74, 6) is -0.109. The molecule has 0 fully saturated rings. The van der Waals surface area contributed by atoms with E-state index in [0.29, 0.717) is 13.1 Å². The van der Waals surface area contributed by atoms with Gasteiger partial charge in [0.05, 0.1) is 6.54 Å². The Morgan fingerprint density at radius 2 is 2.50 bits per heavy atom. The van der Waals surface area contributed by atoms with E-state index < -0.39 is 6.03 Å². The van der Waals surface area contributed by atoms with Crippen LogP contribution in [0.15, 0.2) is 4.99 Å². The molecule has 0 aromatic heterocycles. The molecule has 0 saturated carbocycles. The monoisotopic (exact) mass is 199 g/mol. The lowest BCUT2D eigenvalue weighted by molar-refractivity contribution is -0.121. The number of nitrogens with two attached hydrogens (primary N) is 1. The highest BCUT2D eigenvalue weighted by atomic mass is 16.2. The van der Waals surface area contributed by atoms with Gasteiger partial charge >= 0.3 is 6.03 Å². The summed E-state index contributed by atoms with van der Waals surface area (Å²) in [7, 11) is 0. The number of carbonyl (C=O) groups is 2. The number of amides is 3. The predicted molar refractivity (Wildman–Crippen MR) is 50.6 cm³/mol. The van der Waals surface area contributed by atoms with Gasteiger partial charge in [-0.3, -0.25) is 20.4 Å². The van der Waals surface area contributed by atoms with Crippen molar-refractivity contribution in [3.8, 4) is 0 Å². The molecule has 0 saturated heterocycles. The SMILES string of the molecule is CCN[C@H]1CN=C(NC(N)=O)NC1=O. The molecule has 7 heteroatoms. The first-order valence-corrected chi connectivity index (χ1v) is 4.28. The summed E-state index contributed by atoms with van der Waals surface area (Å²) in [5, 5.41) is 7.57. The van der Waals surface area contributed by atoms with Gasteiger partial charge in [-0.1, -0.05) is 6.92 Å². The highest BCUT2D eigenvalue weighted by Crippen LogP contribution is 1.92. The first-order valence-electron chi connectivity index (χ1n) is 4.28. The Hall–Kier alpha value is -1.63. The third-order valence-electron chi connectivity index (χ3n) is 1.68. The van der Waals surface area contributed by atoms with E-state index in [1.807, 2.05) is 6.92 Å². The maximum absolute atomic E-state index is 11.3. The summed E-state index contributed by atoms with van der Waals surface area (Å²) in [5.41, 5.74) is 4.86. The van der Waals surface area contributed by atoms with Crippen molar-refractivity contribution in [2.45, 2.75) is 13.0 Å². The van der Waals surface area contributed by atoms with E-state index in [1.165, 1.54) is 0 Å². The highest BCUT2D eigenvalue weighted by Gasteiger charge is 2.23. The number of primary amides is 1. The zero-order chi connectivity index (χ0) is 10.6. The topological polar surface area (TPSA) is 109 Å². The fourth-order valence-electron chi connectivity index (χ4n) is 1.10. The van der Waals surface area contributed by atoms with Crippen molar-refractivity contribution in [3.63, 3.8) is 0 Å². The molecule has 1 rings (SSSR count). The number of likely N-dealkylation sites (N-methyl/N-ethyl adjacent to an activating group) is 1. The Morgan fingerprint density at radius 1 is 1.79 bits per heavy atom. The van der Waals surface area contributed by atoms with Gasteiger partial charge in [0.1, 0.15) is 6.04 Å².